The van der Waals surface area contributed by atoms with Gasteiger partial charge in [-0.1, -0.05) is 17.7 Å². The second kappa shape index (κ2) is 7.57. The molecule has 2 aromatic carbocycles. The SMILES string of the molecule is O=C(O)C1CCCN(C(=O)c2ccc(Oc3cccc(Cl)c3)cc2)C1. The number of carbonyl (C=O) groups is 2. The first kappa shape index (κ1) is 17.3. The molecule has 0 spiro atoms. The van der Waals surface area contributed by atoms with Crippen LogP contribution in [0.5, 0.6) is 11.5 Å². The Morgan fingerprint density at radius 1 is 1.12 bits per heavy atom. The molecule has 1 aliphatic rings. The molecule has 0 radical (unpaired) electrons. The number of likely N-dealkylation sites (tertiary alicyclic amines) is 1. The minimum atomic E-state index is -0.845. The van der Waals surface area contributed by atoms with Crippen molar-refractivity contribution in [2.75, 3.05) is 13.1 Å². The maximum absolute atomic E-state index is 12.6. The van der Waals surface area contributed by atoms with Crippen LogP contribution < -0.4 is 4.74 Å². The first-order valence-corrected chi connectivity index (χ1v) is 8.46. The van der Waals surface area contributed by atoms with Gasteiger partial charge in [-0.15, -0.1) is 0 Å². The Kier molecular flexibility index (Phi) is 5.24. The topological polar surface area (TPSA) is 66.8 Å². The first-order valence-electron chi connectivity index (χ1n) is 8.08. The summed E-state index contributed by atoms with van der Waals surface area (Å²) in [7, 11) is 0. The summed E-state index contributed by atoms with van der Waals surface area (Å²) in [5.74, 6) is -0.265. The zero-order chi connectivity index (χ0) is 17.8. The van der Waals surface area contributed by atoms with Crippen molar-refractivity contribution in [2.24, 2.45) is 5.92 Å². The standard InChI is InChI=1S/C19H18ClNO4/c20-15-4-1-5-17(11-15)25-16-8-6-13(7-9-16)18(22)21-10-2-3-14(12-21)19(23)24/h1,4-9,11,14H,2-3,10,12H2,(H,23,24). The molecule has 5 nitrogen and oxygen atoms in total. The maximum Gasteiger partial charge on any atom is 0.308 e. The lowest BCUT2D eigenvalue weighted by atomic mass is 9.97. The second-order valence-electron chi connectivity index (χ2n) is 6.01. The average Bonchev–Trinajstić information content (AvgIpc) is 2.62. The van der Waals surface area contributed by atoms with Crippen LogP contribution in [0.25, 0.3) is 0 Å². The van der Waals surface area contributed by atoms with Gasteiger partial charge in [0.15, 0.2) is 0 Å². The van der Waals surface area contributed by atoms with Crippen LogP contribution in [0.3, 0.4) is 0 Å². The van der Waals surface area contributed by atoms with Crippen molar-refractivity contribution >= 4 is 23.5 Å². The highest BCUT2D eigenvalue weighted by molar-refractivity contribution is 6.30. The zero-order valence-electron chi connectivity index (χ0n) is 13.5. The number of halogens is 1. The molecule has 1 aliphatic heterocycles. The third kappa shape index (κ3) is 4.31. The average molecular weight is 360 g/mol. The molecule has 1 saturated heterocycles. The van der Waals surface area contributed by atoms with E-state index in [9.17, 15) is 9.59 Å². The van der Waals surface area contributed by atoms with E-state index in [1.54, 1.807) is 53.4 Å². The van der Waals surface area contributed by atoms with Crippen molar-refractivity contribution in [2.45, 2.75) is 12.8 Å². The van der Waals surface area contributed by atoms with Crippen LogP contribution in [-0.4, -0.2) is 35.0 Å². The molecule has 0 aromatic heterocycles. The van der Waals surface area contributed by atoms with Crippen LogP contribution in [0.15, 0.2) is 48.5 Å². The minimum Gasteiger partial charge on any atom is -0.481 e. The predicted octanol–water partition coefficient (Wildman–Crippen LogP) is 4.07. The number of hydrogen-bond donors (Lipinski definition) is 1. The van der Waals surface area contributed by atoms with Crippen molar-refractivity contribution in [3.63, 3.8) is 0 Å². The van der Waals surface area contributed by atoms with Crippen molar-refractivity contribution in [3.8, 4) is 11.5 Å². The highest BCUT2D eigenvalue weighted by atomic mass is 35.5. The summed E-state index contributed by atoms with van der Waals surface area (Å²) < 4.78 is 5.70. The summed E-state index contributed by atoms with van der Waals surface area (Å²) in [6.45, 7) is 0.846. The van der Waals surface area contributed by atoms with E-state index in [-0.39, 0.29) is 12.5 Å². The molecule has 25 heavy (non-hydrogen) atoms. The molecular formula is C19H18ClNO4. The van der Waals surface area contributed by atoms with Crippen LogP contribution in [0.2, 0.25) is 5.02 Å². The Bertz CT molecular complexity index is 775. The molecule has 1 amide bonds. The summed E-state index contributed by atoms with van der Waals surface area (Å²) in [5, 5.41) is 9.73. The smallest absolute Gasteiger partial charge is 0.308 e. The zero-order valence-corrected chi connectivity index (χ0v) is 14.3. The lowest BCUT2D eigenvalue weighted by Gasteiger charge is -2.30. The monoisotopic (exact) mass is 359 g/mol. The third-order valence-electron chi connectivity index (χ3n) is 4.19. The van der Waals surface area contributed by atoms with Gasteiger partial charge in [0, 0.05) is 23.7 Å². The van der Waals surface area contributed by atoms with E-state index < -0.39 is 11.9 Å². The predicted molar refractivity (Wildman–Crippen MR) is 94.2 cm³/mol. The summed E-state index contributed by atoms with van der Waals surface area (Å²) in [6.07, 6.45) is 1.32. The molecule has 0 aliphatic carbocycles. The fourth-order valence-electron chi connectivity index (χ4n) is 2.88. The number of ether oxygens (including phenoxy) is 1. The molecule has 3 rings (SSSR count). The van der Waals surface area contributed by atoms with Gasteiger partial charge in [-0.3, -0.25) is 9.59 Å². The molecule has 130 valence electrons. The fraction of sp³-hybridized carbons (Fsp3) is 0.263. The number of amides is 1. The van der Waals surface area contributed by atoms with Crippen LogP contribution in [0.1, 0.15) is 23.2 Å². The van der Waals surface area contributed by atoms with Gasteiger partial charge < -0.3 is 14.7 Å². The molecule has 1 atom stereocenters. The van der Waals surface area contributed by atoms with Crippen LogP contribution in [-0.2, 0) is 4.79 Å². The largest absolute Gasteiger partial charge is 0.481 e. The van der Waals surface area contributed by atoms with Crippen molar-refractivity contribution < 1.29 is 19.4 Å². The van der Waals surface area contributed by atoms with E-state index in [1.165, 1.54) is 0 Å². The summed E-state index contributed by atoms with van der Waals surface area (Å²) in [4.78, 5) is 25.3. The number of carboxylic acid groups (broad SMARTS) is 1. The minimum absolute atomic E-state index is 0.153. The van der Waals surface area contributed by atoms with Gasteiger partial charge in [0.25, 0.3) is 5.91 Å². The summed E-state index contributed by atoms with van der Waals surface area (Å²) >= 11 is 5.93. The molecule has 1 fully saturated rings. The van der Waals surface area contributed by atoms with Crippen molar-refractivity contribution in [3.05, 3.63) is 59.1 Å². The van der Waals surface area contributed by atoms with E-state index in [2.05, 4.69) is 0 Å². The van der Waals surface area contributed by atoms with E-state index in [0.29, 0.717) is 41.5 Å². The number of aliphatic carboxylic acids is 1. The lowest BCUT2D eigenvalue weighted by Crippen LogP contribution is -2.42. The van der Waals surface area contributed by atoms with Crippen LogP contribution in [0, 0.1) is 5.92 Å². The Labute approximate surface area is 150 Å². The number of piperidine rings is 1. The van der Waals surface area contributed by atoms with Gasteiger partial charge in [0.2, 0.25) is 0 Å². The van der Waals surface area contributed by atoms with Gasteiger partial charge in [0.1, 0.15) is 11.5 Å². The van der Waals surface area contributed by atoms with Gasteiger partial charge in [-0.05, 0) is 55.3 Å². The van der Waals surface area contributed by atoms with E-state index in [0.717, 1.165) is 0 Å². The molecule has 0 saturated carbocycles. The van der Waals surface area contributed by atoms with Crippen LogP contribution >= 0.6 is 11.6 Å². The normalized spacial score (nSPS) is 17.2. The van der Waals surface area contributed by atoms with E-state index in [1.807, 2.05) is 0 Å². The van der Waals surface area contributed by atoms with Crippen molar-refractivity contribution in [1.29, 1.82) is 0 Å². The van der Waals surface area contributed by atoms with E-state index in [4.69, 9.17) is 21.4 Å². The maximum atomic E-state index is 12.6. The molecule has 1 N–H and O–H groups in total. The van der Waals surface area contributed by atoms with Gasteiger partial charge in [0.05, 0.1) is 5.92 Å². The number of hydrogen-bond acceptors (Lipinski definition) is 3. The highest BCUT2D eigenvalue weighted by Gasteiger charge is 2.28. The van der Waals surface area contributed by atoms with Crippen molar-refractivity contribution in [1.82, 2.24) is 4.90 Å². The Balaban J connectivity index is 1.67. The van der Waals surface area contributed by atoms with E-state index >= 15 is 0 Å². The summed E-state index contributed by atoms with van der Waals surface area (Å²) in [6, 6.07) is 13.9. The number of rotatable bonds is 4. The number of nitrogens with zero attached hydrogens (tertiary/aromatic N) is 1. The molecule has 2 aromatic rings. The summed E-state index contributed by atoms with van der Waals surface area (Å²) in [5.41, 5.74) is 0.518. The van der Waals surface area contributed by atoms with Gasteiger partial charge in [-0.2, -0.15) is 0 Å². The lowest BCUT2D eigenvalue weighted by molar-refractivity contribution is -0.143. The second-order valence-corrected chi connectivity index (χ2v) is 6.45. The quantitative estimate of drug-likeness (QED) is 0.893. The number of carboxylic acids is 1. The third-order valence-corrected chi connectivity index (χ3v) is 4.43. The Morgan fingerprint density at radius 2 is 1.88 bits per heavy atom. The molecule has 1 unspecified atom stereocenters. The molecule has 1 heterocycles. The van der Waals surface area contributed by atoms with Crippen LogP contribution in [0.4, 0.5) is 0 Å². The molecule has 0 bridgehead atoms. The first-order chi connectivity index (χ1) is 12.0. The Morgan fingerprint density at radius 3 is 2.56 bits per heavy atom. The Hall–Kier alpha value is -2.53. The highest BCUT2D eigenvalue weighted by Crippen LogP contribution is 2.25. The molecule has 6 heteroatoms. The molecular weight excluding hydrogens is 342 g/mol. The number of carbonyl (C=O) groups excluding carboxylic acids is 1. The van der Waals surface area contributed by atoms with Gasteiger partial charge >= 0.3 is 5.97 Å². The number of benzene rings is 2. The van der Waals surface area contributed by atoms with Gasteiger partial charge in [-0.25, -0.2) is 0 Å². The fourth-order valence-corrected chi connectivity index (χ4v) is 3.06.